The van der Waals surface area contributed by atoms with E-state index in [1.165, 1.54) is 5.56 Å². The van der Waals surface area contributed by atoms with E-state index in [0.717, 1.165) is 16.5 Å². The molecular formula is C19H17NO3. The first-order valence-corrected chi connectivity index (χ1v) is 7.42. The van der Waals surface area contributed by atoms with Crippen LogP contribution in [-0.4, -0.2) is 5.91 Å². The van der Waals surface area contributed by atoms with Crippen molar-refractivity contribution in [3.8, 4) is 0 Å². The molecule has 0 unspecified atom stereocenters. The predicted molar refractivity (Wildman–Crippen MR) is 89.6 cm³/mol. The average Bonchev–Trinajstić information content (AvgIpc) is 2.53. The Kier molecular flexibility index (Phi) is 3.98. The van der Waals surface area contributed by atoms with Gasteiger partial charge in [-0.15, -0.1) is 0 Å². The van der Waals surface area contributed by atoms with E-state index >= 15 is 0 Å². The van der Waals surface area contributed by atoms with E-state index in [0.29, 0.717) is 12.1 Å². The molecule has 0 saturated carbocycles. The van der Waals surface area contributed by atoms with Crippen molar-refractivity contribution in [2.75, 3.05) is 0 Å². The molecule has 0 aliphatic rings. The third-order valence-electron chi connectivity index (χ3n) is 3.82. The number of hydrogen-bond acceptors (Lipinski definition) is 3. The van der Waals surface area contributed by atoms with Gasteiger partial charge in [-0.1, -0.05) is 42.0 Å². The zero-order valence-corrected chi connectivity index (χ0v) is 13.1. The van der Waals surface area contributed by atoms with E-state index < -0.39 is 11.5 Å². The summed E-state index contributed by atoms with van der Waals surface area (Å²) in [5.74, 6) is -0.426. The molecule has 1 heterocycles. The smallest absolute Gasteiger partial charge is 0.349 e. The summed E-state index contributed by atoms with van der Waals surface area (Å²) in [5.41, 5.74) is 3.18. The lowest BCUT2D eigenvalue weighted by molar-refractivity contribution is 0.0947. The molecule has 3 aromatic rings. The summed E-state index contributed by atoms with van der Waals surface area (Å²) >= 11 is 0. The second kappa shape index (κ2) is 6.08. The normalized spacial score (nSPS) is 10.7. The Morgan fingerprint density at radius 1 is 1.09 bits per heavy atom. The first-order chi connectivity index (χ1) is 11.0. The molecule has 0 fully saturated rings. The lowest BCUT2D eigenvalue weighted by Gasteiger charge is -2.08. The first kappa shape index (κ1) is 15.0. The second-order valence-electron chi connectivity index (χ2n) is 5.60. The Morgan fingerprint density at radius 2 is 1.87 bits per heavy atom. The summed E-state index contributed by atoms with van der Waals surface area (Å²) in [6.45, 7) is 4.39. The van der Waals surface area contributed by atoms with Crippen LogP contribution in [0, 0.1) is 13.8 Å². The maximum atomic E-state index is 12.3. The summed E-state index contributed by atoms with van der Waals surface area (Å²) in [6.07, 6.45) is 0. The van der Waals surface area contributed by atoms with Gasteiger partial charge in [0.25, 0.3) is 5.91 Å². The number of nitrogens with one attached hydrogen (secondary N) is 1. The summed E-state index contributed by atoms with van der Waals surface area (Å²) in [4.78, 5) is 24.3. The van der Waals surface area contributed by atoms with Crippen LogP contribution in [0.2, 0.25) is 0 Å². The lowest BCUT2D eigenvalue weighted by Crippen LogP contribution is -2.28. The number of hydrogen-bond donors (Lipinski definition) is 1. The Labute approximate surface area is 133 Å². The molecule has 0 bridgehead atoms. The van der Waals surface area contributed by atoms with E-state index in [1.54, 1.807) is 24.3 Å². The molecule has 0 spiro atoms. The van der Waals surface area contributed by atoms with Crippen LogP contribution < -0.4 is 10.9 Å². The van der Waals surface area contributed by atoms with Crippen molar-refractivity contribution in [1.29, 1.82) is 0 Å². The minimum absolute atomic E-state index is 0.0217. The number of rotatable bonds is 3. The van der Waals surface area contributed by atoms with Gasteiger partial charge in [0.15, 0.2) is 0 Å². The maximum absolute atomic E-state index is 12.3. The van der Waals surface area contributed by atoms with Gasteiger partial charge < -0.3 is 9.73 Å². The highest BCUT2D eigenvalue weighted by Gasteiger charge is 2.13. The first-order valence-electron chi connectivity index (χ1n) is 7.42. The largest absolute Gasteiger partial charge is 0.422 e. The summed E-state index contributed by atoms with van der Waals surface area (Å²) in [7, 11) is 0. The fraction of sp³-hybridized carbons (Fsp3) is 0.158. The molecule has 0 saturated heterocycles. The molecule has 0 aliphatic heterocycles. The van der Waals surface area contributed by atoms with Crippen molar-refractivity contribution in [1.82, 2.24) is 5.32 Å². The second-order valence-corrected chi connectivity index (χ2v) is 5.60. The van der Waals surface area contributed by atoms with Crippen molar-refractivity contribution in [2.45, 2.75) is 20.4 Å². The van der Waals surface area contributed by atoms with Gasteiger partial charge in [0.1, 0.15) is 11.1 Å². The van der Waals surface area contributed by atoms with Gasteiger partial charge >= 0.3 is 5.63 Å². The number of fused-ring (bicyclic) bond motifs is 1. The molecule has 116 valence electrons. The molecule has 3 rings (SSSR count). The van der Waals surface area contributed by atoms with E-state index in [4.69, 9.17) is 4.42 Å². The molecule has 1 aromatic heterocycles. The zero-order valence-electron chi connectivity index (χ0n) is 13.1. The van der Waals surface area contributed by atoms with Crippen LogP contribution in [0.15, 0.2) is 57.7 Å². The minimum Gasteiger partial charge on any atom is -0.422 e. The monoisotopic (exact) mass is 307 g/mol. The highest BCUT2D eigenvalue weighted by atomic mass is 16.4. The lowest BCUT2D eigenvalue weighted by atomic mass is 10.1. The molecule has 4 nitrogen and oxygen atoms in total. The number of carbonyl (C=O) groups excluding carboxylic acids is 1. The van der Waals surface area contributed by atoms with Crippen LogP contribution in [0.3, 0.4) is 0 Å². The number of benzene rings is 2. The van der Waals surface area contributed by atoms with E-state index in [9.17, 15) is 9.59 Å². The van der Waals surface area contributed by atoms with Gasteiger partial charge in [0.2, 0.25) is 0 Å². The highest BCUT2D eigenvalue weighted by Crippen LogP contribution is 2.13. The Morgan fingerprint density at radius 3 is 2.65 bits per heavy atom. The van der Waals surface area contributed by atoms with Crippen molar-refractivity contribution in [2.24, 2.45) is 0 Å². The fourth-order valence-corrected chi connectivity index (χ4v) is 2.54. The minimum atomic E-state index is -0.623. The third-order valence-corrected chi connectivity index (χ3v) is 3.82. The van der Waals surface area contributed by atoms with Crippen LogP contribution in [0.5, 0.6) is 0 Å². The molecule has 1 amide bonds. The summed E-state index contributed by atoms with van der Waals surface area (Å²) in [6, 6.07) is 14.7. The van der Waals surface area contributed by atoms with Gasteiger partial charge in [-0.25, -0.2) is 4.79 Å². The van der Waals surface area contributed by atoms with Crippen molar-refractivity contribution in [3.05, 3.63) is 81.2 Å². The number of carbonyl (C=O) groups is 1. The standard InChI is InChI=1S/C19H17NO3/c1-12-7-8-15(13(2)9-12)11-20-18(21)16-10-14-5-3-4-6-17(14)23-19(16)22/h3-10H,11H2,1-2H3,(H,20,21). The molecule has 0 aliphatic carbocycles. The molecule has 1 N–H and O–H groups in total. The van der Waals surface area contributed by atoms with Gasteiger partial charge in [-0.2, -0.15) is 0 Å². The highest BCUT2D eigenvalue weighted by molar-refractivity contribution is 5.96. The summed E-state index contributed by atoms with van der Waals surface area (Å²) < 4.78 is 5.19. The van der Waals surface area contributed by atoms with Crippen LogP contribution in [0.1, 0.15) is 27.0 Å². The van der Waals surface area contributed by atoms with Crippen molar-refractivity contribution < 1.29 is 9.21 Å². The van der Waals surface area contributed by atoms with Crippen LogP contribution in [-0.2, 0) is 6.54 Å². The Bertz CT molecular complexity index is 941. The quantitative estimate of drug-likeness (QED) is 0.755. The molecular weight excluding hydrogens is 290 g/mol. The van der Waals surface area contributed by atoms with Gasteiger partial charge in [-0.3, -0.25) is 4.79 Å². The van der Waals surface area contributed by atoms with Crippen LogP contribution in [0.4, 0.5) is 0 Å². The zero-order chi connectivity index (χ0) is 16.4. The Hall–Kier alpha value is -2.88. The van der Waals surface area contributed by atoms with E-state index in [1.807, 2.05) is 32.0 Å². The van der Waals surface area contributed by atoms with Crippen molar-refractivity contribution >= 4 is 16.9 Å². The molecule has 0 atom stereocenters. The Balaban J connectivity index is 1.83. The SMILES string of the molecule is Cc1ccc(CNC(=O)c2cc3ccccc3oc2=O)c(C)c1. The van der Waals surface area contributed by atoms with Crippen LogP contribution >= 0.6 is 0 Å². The predicted octanol–water partition coefficient (Wildman–Crippen LogP) is 3.34. The molecule has 2 aromatic carbocycles. The average molecular weight is 307 g/mol. The topological polar surface area (TPSA) is 59.3 Å². The van der Waals surface area contributed by atoms with Gasteiger partial charge in [0, 0.05) is 11.9 Å². The third kappa shape index (κ3) is 3.16. The number of amides is 1. The number of aryl methyl sites for hydroxylation is 2. The molecule has 4 heteroatoms. The van der Waals surface area contributed by atoms with Gasteiger partial charge in [0.05, 0.1) is 0 Å². The molecule has 0 radical (unpaired) electrons. The van der Waals surface area contributed by atoms with E-state index in [2.05, 4.69) is 11.4 Å². The van der Waals surface area contributed by atoms with E-state index in [-0.39, 0.29) is 5.56 Å². The maximum Gasteiger partial charge on any atom is 0.349 e. The van der Waals surface area contributed by atoms with Gasteiger partial charge in [-0.05, 0) is 37.1 Å². The number of para-hydroxylation sites is 1. The summed E-state index contributed by atoms with van der Waals surface area (Å²) in [5, 5.41) is 3.51. The van der Waals surface area contributed by atoms with Crippen LogP contribution in [0.25, 0.3) is 11.0 Å². The fourth-order valence-electron chi connectivity index (χ4n) is 2.54. The molecule has 23 heavy (non-hydrogen) atoms. The van der Waals surface area contributed by atoms with Crippen molar-refractivity contribution in [3.63, 3.8) is 0 Å².